The lowest BCUT2D eigenvalue weighted by molar-refractivity contribution is 0.443. The van der Waals surface area contributed by atoms with Gasteiger partial charge in [-0.1, -0.05) is 54.9 Å². The maximum Gasteiger partial charge on any atom is 0.147 e. The summed E-state index contributed by atoms with van der Waals surface area (Å²) in [4.78, 5) is 0. The molecule has 0 unspecified atom stereocenters. The number of aromatic nitrogens is 2. The van der Waals surface area contributed by atoms with Gasteiger partial charge in [-0.2, -0.15) is 0 Å². The molecule has 0 aliphatic heterocycles. The summed E-state index contributed by atoms with van der Waals surface area (Å²) in [7, 11) is 0. The molecule has 0 bridgehead atoms. The molecule has 0 amide bonds. The van der Waals surface area contributed by atoms with Gasteiger partial charge in [0, 0.05) is 12.1 Å². The van der Waals surface area contributed by atoms with Crippen molar-refractivity contribution in [2.45, 2.75) is 44.6 Å². The summed E-state index contributed by atoms with van der Waals surface area (Å²) in [6.45, 7) is 0.470. The molecule has 0 spiro atoms. The molecule has 0 radical (unpaired) electrons. The highest BCUT2D eigenvalue weighted by molar-refractivity contribution is 7.14. The van der Waals surface area contributed by atoms with Crippen LogP contribution in [0.25, 0.3) is 10.6 Å². The van der Waals surface area contributed by atoms with Crippen molar-refractivity contribution in [3.8, 4) is 10.6 Å². The van der Waals surface area contributed by atoms with Gasteiger partial charge in [-0.3, -0.25) is 0 Å². The molecule has 3 rings (SSSR count). The first-order chi connectivity index (χ1) is 9.36. The summed E-state index contributed by atoms with van der Waals surface area (Å²) in [5, 5.41) is 10.1. The molecule has 1 aromatic heterocycles. The lowest BCUT2D eigenvalue weighted by atomic mass is 9.84. The van der Waals surface area contributed by atoms with Crippen molar-refractivity contribution in [1.29, 1.82) is 0 Å². The van der Waals surface area contributed by atoms with Crippen LogP contribution in [0, 0.1) is 0 Å². The van der Waals surface area contributed by atoms with Gasteiger partial charge in [0.1, 0.15) is 10.0 Å². The summed E-state index contributed by atoms with van der Waals surface area (Å²) in [5.41, 5.74) is 8.20. The number of nitrogens with two attached hydrogens (primary N) is 1. The minimum Gasteiger partial charge on any atom is -0.324 e. The van der Waals surface area contributed by atoms with Crippen LogP contribution in [0.4, 0.5) is 0 Å². The molecule has 1 aromatic carbocycles. The number of hydrogen-bond acceptors (Lipinski definition) is 4. The van der Waals surface area contributed by atoms with Gasteiger partial charge in [0.05, 0.1) is 0 Å². The van der Waals surface area contributed by atoms with Gasteiger partial charge in [0.2, 0.25) is 0 Å². The molecule has 1 aliphatic carbocycles. The highest BCUT2D eigenvalue weighted by atomic mass is 32.1. The Labute approximate surface area is 117 Å². The molecule has 4 heteroatoms. The average Bonchev–Trinajstić information content (AvgIpc) is 2.97. The Bertz CT molecular complexity index is 527. The molecule has 100 valence electrons. The largest absolute Gasteiger partial charge is 0.324 e. The Morgan fingerprint density at radius 3 is 2.42 bits per heavy atom. The van der Waals surface area contributed by atoms with Gasteiger partial charge in [-0.05, 0) is 24.3 Å². The standard InChI is InChI=1S/C15H19N3S/c16-10-14-17-18-15(19-14)13-8-6-12(7-9-13)11-4-2-1-3-5-11/h6-9,11H,1-5,10,16H2. The maximum atomic E-state index is 5.57. The van der Waals surface area contributed by atoms with Gasteiger partial charge in [0.15, 0.2) is 0 Å². The molecular formula is C15H19N3S. The van der Waals surface area contributed by atoms with E-state index in [1.54, 1.807) is 11.3 Å². The Morgan fingerprint density at radius 1 is 1.05 bits per heavy atom. The predicted octanol–water partition coefficient (Wildman–Crippen LogP) is 3.71. The first kappa shape index (κ1) is 12.8. The van der Waals surface area contributed by atoms with E-state index in [4.69, 9.17) is 5.73 Å². The Balaban J connectivity index is 1.78. The van der Waals surface area contributed by atoms with Crippen LogP contribution in [0.3, 0.4) is 0 Å². The molecule has 1 fully saturated rings. The topological polar surface area (TPSA) is 51.8 Å². The minimum atomic E-state index is 0.470. The molecule has 19 heavy (non-hydrogen) atoms. The van der Waals surface area contributed by atoms with Crippen LogP contribution in [0.5, 0.6) is 0 Å². The highest BCUT2D eigenvalue weighted by Crippen LogP contribution is 2.33. The summed E-state index contributed by atoms with van der Waals surface area (Å²) in [6.07, 6.45) is 6.84. The zero-order valence-corrected chi connectivity index (χ0v) is 11.8. The van der Waals surface area contributed by atoms with E-state index in [-0.39, 0.29) is 0 Å². The van der Waals surface area contributed by atoms with Crippen molar-refractivity contribution in [3.05, 3.63) is 34.8 Å². The van der Waals surface area contributed by atoms with E-state index in [2.05, 4.69) is 34.5 Å². The molecular weight excluding hydrogens is 254 g/mol. The first-order valence-corrected chi connectivity index (χ1v) is 7.81. The molecule has 1 heterocycles. The monoisotopic (exact) mass is 273 g/mol. The first-order valence-electron chi connectivity index (χ1n) is 6.99. The Hall–Kier alpha value is -1.26. The summed E-state index contributed by atoms with van der Waals surface area (Å²) in [6, 6.07) is 8.86. The quantitative estimate of drug-likeness (QED) is 0.927. The van der Waals surface area contributed by atoms with Crippen LogP contribution in [0.2, 0.25) is 0 Å². The van der Waals surface area contributed by atoms with Crippen LogP contribution >= 0.6 is 11.3 Å². The van der Waals surface area contributed by atoms with Gasteiger partial charge < -0.3 is 5.73 Å². The number of nitrogens with zero attached hydrogens (tertiary/aromatic N) is 2. The minimum absolute atomic E-state index is 0.470. The van der Waals surface area contributed by atoms with Crippen molar-refractivity contribution < 1.29 is 0 Å². The molecule has 2 aromatic rings. The van der Waals surface area contributed by atoms with Crippen LogP contribution < -0.4 is 5.73 Å². The smallest absolute Gasteiger partial charge is 0.147 e. The zero-order chi connectivity index (χ0) is 13.1. The number of rotatable bonds is 3. The van der Waals surface area contributed by atoms with Crippen molar-refractivity contribution in [1.82, 2.24) is 10.2 Å². The Morgan fingerprint density at radius 2 is 1.79 bits per heavy atom. The number of benzene rings is 1. The van der Waals surface area contributed by atoms with Crippen LogP contribution in [-0.2, 0) is 6.54 Å². The van der Waals surface area contributed by atoms with Gasteiger partial charge in [-0.15, -0.1) is 10.2 Å². The normalized spacial score (nSPS) is 16.7. The van der Waals surface area contributed by atoms with Gasteiger partial charge in [-0.25, -0.2) is 0 Å². The van der Waals surface area contributed by atoms with Crippen molar-refractivity contribution in [3.63, 3.8) is 0 Å². The van der Waals surface area contributed by atoms with E-state index in [1.165, 1.54) is 37.7 Å². The zero-order valence-electron chi connectivity index (χ0n) is 11.0. The third-order valence-electron chi connectivity index (χ3n) is 3.88. The van der Waals surface area contributed by atoms with Crippen molar-refractivity contribution >= 4 is 11.3 Å². The predicted molar refractivity (Wildman–Crippen MR) is 79.1 cm³/mol. The molecule has 2 N–H and O–H groups in total. The number of hydrogen-bond donors (Lipinski definition) is 1. The summed E-state index contributed by atoms with van der Waals surface area (Å²) >= 11 is 1.58. The lowest BCUT2D eigenvalue weighted by Crippen LogP contribution is -2.04. The van der Waals surface area contributed by atoms with E-state index >= 15 is 0 Å². The molecule has 3 nitrogen and oxygen atoms in total. The fourth-order valence-electron chi connectivity index (χ4n) is 2.79. The van der Waals surface area contributed by atoms with E-state index in [0.717, 1.165) is 21.5 Å². The second-order valence-corrected chi connectivity index (χ2v) is 6.22. The molecule has 0 atom stereocenters. The second kappa shape index (κ2) is 5.80. The lowest BCUT2D eigenvalue weighted by Gasteiger charge is -2.21. The second-order valence-electron chi connectivity index (χ2n) is 5.16. The van der Waals surface area contributed by atoms with Crippen molar-refractivity contribution in [2.24, 2.45) is 5.73 Å². The SMILES string of the molecule is NCc1nnc(-c2ccc(C3CCCCC3)cc2)s1. The Kier molecular flexibility index (Phi) is 3.89. The van der Waals surface area contributed by atoms with Crippen LogP contribution in [0.1, 0.15) is 48.6 Å². The van der Waals surface area contributed by atoms with Gasteiger partial charge >= 0.3 is 0 Å². The fraction of sp³-hybridized carbons (Fsp3) is 0.467. The van der Waals surface area contributed by atoms with Crippen molar-refractivity contribution in [2.75, 3.05) is 0 Å². The van der Waals surface area contributed by atoms with Gasteiger partial charge in [0.25, 0.3) is 0 Å². The van der Waals surface area contributed by atoms with Crippen LogP contribution in [0.15, 0.2) is 24.3 Å². The summed E-state index contributed by atoms with van der Waals surface area (Å²) < 4.78 is 0. The molecule has 0 saturated heterocycles. The van der Waals surface area contributed by atoms with E-state index in [0.29, 0.717) is 6.54 Å². The van der Waals surface area contributed by atoms with E-state index in [1.807, 2.05) is 0 Å². The van der Waals surface area contributed by atoms with E-state index < -0.39 is 0 Å². The maximum absolute atomic E-state index is 5.57. The molecule has 1 saturated carbocycles. The molecule has 1 aliphatic rings. The van der Waals surface area contributed by atoms with Crippen LogP contribution in [-0.4, -0.2) is 10.2 Å². The van der Waals surface area contributed by atoms with E-state index in [9.17, 15) is 0 Å². The third kappa shape index (κ3) is 2.85. The summed E-state index contributed by atoms with van der Waals surface area (Å²) in [5.74, 6) is 0.761. The highest BCUT2D eigenvalue weighted by Gasteiger charge is 2.15. The fourth-order valence-corrected chi connectivity index (χ4v) is 3.51. The average molecular weight is 273 g/mol. The third-order valence-corrected chi connectivity index (χ3v) is 4.87.